The van der Waals surface area contributed by atoms with Crippen LogP contribution < -0.4 is 10.6 Å². The summed E-state index contributed by atoms with van der Waals surface area (Å²) in [5.74, 6) is 1.38. The van der Waals surface area contributed by atoms with Gasteiger partial charge >= 0.3 is 0 Å². The molecule has 2 N–H and O–H groups in total. The van der Waals surface area contributed by atoms with Gasteiger partial charge < -0.3 is 15.2 Å². The Labute approximate surface area is 93.6 Å². The van der Waals surface area contributed by atoms with Gasteiger partial charge in [0.05, 0.1) is 5.92 Å². The highest BCUT2D eigenvalue weighted by molar-refractivity contribution is 5.92. The lowest BCUT2D eigenvalue weighted by atomic mass is 9.88. The van der Waals surface area contributed by atoms with Crippen molar-refractivity contribution in [1.82, 2.24) is 10.5 Å². The zero-order chi connectivity index (χ0) is 11.1. The number of amides is 1. The number of hydrogen-bond donors (Lipinski definition) is 2. The van der Waals surface area contributed by atoms with Crippen LogP contribution in [0.1, 0.15) is 25.0 Å². The van der Waals surface area contributed by atoms with Crippen LogP contribution in [0, 0.1) is 12.8 Å². The second-order valence-corrected chi connectivity index (χ2v) is 4.70. The SMILES string of the molecule is Cc1cc(NC(=O)C2CC3CCC2N3)no1. The smallest absolute Gasteiger partial charge is 0.230 e. The Hall–Kier alpha value is -1.36. The quantitative estimate of drug-likeness (QED) is 0.783. The predicted octanol–water partition coefficient (Wildman–Crippen LogP) is 1.06. The molecule has 0 saturated carbocycles. The number of rotatable bonds is 2. The second-order valence-electron chi connectivity index (χ2n) is 4.70. The molecule has 3 atom stereocenters. The summed E-state index contributed by atoms with van der Waals surface area (Å²) in [5, 5.41) is 10.0. The number of nitrogens with zero attached hydrogens (tertiary/aromatic N) is 1. The van der Waals surface area contributed by atoms with Gasteiger partial charge in [0.1, 0.15) is 5.76 Å². The third kappa shape index (κ3) is 1.61. The number of anilines is 1. The summed E-state index contributed by atoms with van der Waals surface area (Å²) >= 11 is 0. The average molecular weight is 221 g/mol. The van der Waals surface area contributed by atoms with Crippen LogP contribution in [0.2, 0.25) is 0 Å². The van der Waals surface area contributed by atoms with E-state index in [-0.39, 0.29) is 11.8 Å². The lowest BCUT2D eigenvalue weighted by molar-refractivity contribution is -0.120. The van der Waals surface area contributed by atoms with E-state index in [0.717, 1.165) is 12.8 Å². The van der Waals surface area contributed by atoms with E-state index in [4.69, 9.17) is 4.52 Å². The number of hydrogen-bond acceptors (Lipinski definition) is 4. The number of carbonyl (C=O) groups is 1. The largest absolute Gasteiger partial charge is 0.360 e. The van der Waals surface area contributed by atoms with E-state index >= 15 is 0 Å². The molecule has 5 heteroatoms. The molecule has 86 valence electrons. The van der Waals surface area contributed by atoms with E-state index in [1.807, 2.05) is 6.92 Å². The fourth-order valence-electron chi connectivity index (χ4n) is 2.76. The summed E-state index contributed by atoms with van der Waals surface area (Å²) in [5.41, 5.74) is 0. The van der Waals surface area contributed by atoms with Gasteiger partial charge in [-0.3, -0.25) is 4.79 Å². The molecule has 1 aromatic heterocycles. The van der Waals surface area contributed by atoms with Crippen molar-refractivity contribution in [1.29, 1.82) is 0 Å². The van der Waals surface area contributed by atoms with Gasteiger partial charge in [0.15, 0.2) is 5.82 Å². The molecule has 2 bridgehead atoms. The summed E-state index contributed by atoms with van der Waals surface area (Å²) in [6.07, 6.45) is 3.27. The van der Waals surface area contributed by atoms with Gasteiger partial charge in [-0.25, -0.2) is 0 Å². The van der Waals surface area contributed by atoms with Crippen molar-refractivity contribution >= 4 is 11.7 Å². The second kappa shape index (κ2) is 3.59. The summed E-state index contributed by atoms with van der Waals surface area (Å²) in [7, 11) is 0. The summed E-state index contributed by atoms with van der Waals surface area (Å²) in [6, 6.07) is 2.64. The third-order valence-corrected chi connectivity index (χ3v) is 3.52. The Morgan fingerprint density at radius 2 is 2.50 bits per heavy atom. The van der Waals surface area contributed by atoms with E-state index in [1.165, 1.54) is 6.42 Å². The lowest BCUT2D eigenvalue weighted by Crippen LogP contribution is -2.32. The number of aryl methyl sites for hydroxylation is 1. The van der Waals surface area contributed by atoms with Crippen molar-refractivity contribution in [3.63, 3.8) is 0 Å². The van der Waals surface area contributed by atoms with Crippen LogP contribution in [-0.2, 0) is 4.79 Å². The van der Waals surface area contributed by atoms with E-state index in [9.17, 15) is 4.79 Å². The molecular weight excluding hydrogens is 206 g/mol. The zero-order valence-electron chi connectivity index (χ0n) is 9.19. The molecule has 0 aliphatic carbocycles. The maximum atomic E-state index is 12.0. The average Bonchev–Trinajstić information content (AvgIpc) is 2.93. The molecule has 1 amide bonds. The molecule has 5 nitrogen and oxygen atoms in total. The summed E-state index contributed by atoms with van der Waals surface area (Å²) in [4.78, 5) is 12.0. The molecule has 0 spiro atoms. The van der Waals surface area contributed by atoms with E-state index in [2.05, 4.69) is 15.8 Å². The molecule has 0 radical (unpaired) electrons. The van der Waals surface area contributed by atoms with Gasteiger partial charge in [0.25, 0.3) is 0 Å². The standard InChI is InChI=1S/C11H15N3O2/c1-6-4-10(14-16-6)13-11(15)8-5-7-2-3-9(8)12-7/h4,7-9,12H,2-3,5H2,1H3,(H,13,14,15). The summed E-state index contributed by atoms with van der Waals surface area (Å²) < 4.78 is 4.91. The molecule has 0 aromatic carbocycles. The molecule has 2 aliphatic rings. The molecule has 2 saturated heterocycles. The minimum Gasteiger partial charge on any atom is -0.360 e. The normalized spacial score (nSPS) is 31.9. The Kier molecular flexibility index (Phi) is 2.21. The number of fused-ring (bicyclic) bond motifs is 2. The van der Waals surface area contributed by atoms with Crippen molar-refractivity contribution < 1.29 is 9.32 Å². The first kappa shape index (κ1) is 9.84. The van der Waals surface area contributed by atoms with Gasteiger partial charge in [-0.15, -0.1) is 0 Å². The lowest BCUT2D eigenvalue weighted by Gasteiger charge is -2.18. The van der Waals surface area contributed by atoms with Crippen LogP contribution in [0.5, 0.6) is 0 Å². The van der Waals surface area contributed by atoms with Gasteiger partial charge in [0, 0.05) is 18.2 Å². The molecule has 2 aliphatic heterocycles. The monoisotopic (exact) mass is 221 g/mol. The molecule has 16 heavy (non-hydrogen) atoms. The van der Waals surface area contributed by atoms with Crippen molar-refractivity contribution in [2.45, 2.75) is 38.3 Å². The van der Waals surface area contributed by atoms with Crippen LogP contribution in [0.15, 0.2) is 10.6 Å². The Morgan fingerprint density at radius 1 is 1.62 bits per heavy atom. The van der Waals surface area contributed by atoms with Crippen LogP contribution in [0.4, 0.5) is 5.82 Å². The number of nitrogens with one attached hydrogen (secondary N) is 2. The van der Waals surface area contributed by atoms with Gasteiger partial charge in [-0.05, 0) is 26.2 Å². The van der Waals surface area contributed by atoms with Crippen molar-refractivity contribution in [2.75, 3.05) is 5.32 Å². The molecule has 3 rings (SSSR count). The maximum absolute atomic E-state index is 12.0. The Bertz CT molecular complexity index is 415. The minimum absolute atomic E-state index is 0.0630. The van der Waals surface area contributed by atoms with Crippen molar-refractivity contribution in [3.8, 4) is 0 Å². The molecule has 3 heterocycles. The minimum atomic E-state index is 0.0630. The fourth-order valence-corrected chi connectivity index (χ4v) is 2.76. The van der Waals surface area contributed by atoms with Crippen LogP contribution in [0.25, 0.3) is 0 Å². The maximum Gasteiger partial charge on any atom is 0.230 e. The van der Waals surface area contributed by atoms with Crippen LogP contribution in [-0.4, -0.2) is 23.1 Å². The van der Waals surface area contributed by atoms with E-state index < -0.39 is 0 Å². The van der Waals surface area contributed by atoms with E-state index in [0.29, 0.717) is 23.7 Å². The van der Waals surface area contributed by atoms with Crippen molar-refractivity contribution in [3.05, 3.63) is 11.8 Å². The zero-order valence-corrected chi connectivity index (χ0v) is 9.19. The number of carbonyl (C=O) groups excluding carboxylic acids is 1. The first-order valence-electron chi connectivity index (χ1n) is 5.72. The predicted molar refractivity (Wildman–Crippen MR) is 57.9 cm³/mol. The van der Waals surface area contributed by atoms with Crippen LogP contribution in [0.3, 0.4) is 0 Å². The van der Waals surface area contributed by atoms with Gasteiger partial charge in [-0.2, -0.15) is 0 Å². The van der Waals surface area contributed by atoms with Crippen LogP contribution >= 0.6 is 0 Å². The highest BCUT2D eigenvalue weighted by Crippen LogP contribution is 2.33. The molecule has 2 fully saturated rings. The van der Waals surface area contributed by atoms with Gasteiger partial charge in [-0.1, -0.05) is 5.16 Å². The first-order chi connectivity index (χ1) is 7.72. The van der Waals surface area contributed by atoms with E-state index in [1.54, 1.807) is 6.07 Å². The molecule has 3 unspecified atom stereocenters. The topological polar surface area (TPSA) is 67.2 Å². The first-order valence-corrected chi connectivity index (χ1v) is 5.72. The highest BCUT2D eigenvalue weighted by atomic mass is 16.5. The number of aromatic nitrogens is 1. The Morgan fingerprint density at radius 3 is 3.06 bits per heavy atom. The summed E-state index contributed by atoms with van der Waals surface area (Å²) in [6.45, 7) is 1.81. The molecular formula is C11H15N3O2. The fraction of sp³-hybridized carbons (Fsp3) is 0.636. The third-order valence-electron chi connectivity index (χ3n) is 3.52. The van der Waals surface area contributed by atoms with Gasteiger partial charge in [0.2, 0.25) is 5.91 Å². The molecule has 1 aromatic rings. The Balaban J connectivity index is 1.65. The highest BCUT2D eigenvalue weighted by Gasteiger charge is 2.42. The van der Waals surface area contributed by atoms with Crippen molar-refractivity contribution in [2.24, 2.45) is 5.92 Å².